The first kappa shape index (κ1) is 19.9. The van der Waals surface area contributed by atoms with E-state index in [1.807, 2.05) is 44.3 Å². The van der Waals surface area contributed by atoms with Crippen molar-refractivity contribution in [3.05, 3.63) is 46.5 Å². The number of hydrogen-bond acceptors (Lipinski definition) is 5. The van der Waals surface area contributed by atoms with Crippen molar-refractivity contribution in [1.29, 1.82) is 0 Å². The predicted molar refractivity (Wildman–Crippen MR) is 110 cm³/mol. The summed E-state index contributed by atoms with van der Waals surface area (Å²) in [4.78, 5) is 28.4. The summed E-state index contributed by atoms with van der Waals surface area (Å²) in [6, 6.07) is 8.76. The van der Waals surface area contributed by atoms with Crippen LogP contribution >= 0.6 is 11.3 Å². The van der Waals surface area contributed by atoms with Crippen molar-refractivity contribution in [3.63, 3.8) is 0 Å². The van der Waals surface area contributed by atoms with E-state index in [0.717, 1.165) is 27.2 Å². The minimum Gasteiger partial charge on any atom is -0.497 e. The van der Waals surface area contributed by atoms with E-state index in [0.29, 0.717) is 11.4 Å². The SMILES string of the molecule is COc1cccc(CN(C)C(=O)C(C)NC(=O)c2cc3c(C)nn(C)c3s2)c1. The molecule has 0 aliphatic rings. The average Bonchev–Trinajstić information content (AvgIpc) is 3.22. The number of carbonyl (C=O) groups is 2. The second-order valence-corrected chi connectivity index (χ2v) is 7.81. The van der Waals surface area contributed by atoms with Crippen LogP contribution in [0.5, 0.6) is 5.75 Å². The van der Waals surface area contributed by atoms with Crippen LogP contribution in [0.1, 0.15) is 27.9 Å². The number of rotatable bonds is 6. The molecule has 28 heavy (non-hydrogen) atoms. The number of nitrogens with one attached hydrogen (secondary N) is 1. The monoisotopic (exact) mass is 400 g/mol. The molecule has 3 rings (SSSR count). The summed E-state index contributed by atoms with van der Waals surface area (Å²) in [7, 11) is 5.18. The summed E-state index contributed by atoms with van der Waals surface area (Å²) in [5.74, 6) is 0.334. The minimum absolute atomic E-state index is 0.157. The Labute approximate surface area is 167 Å². The van der Waals surface area contributed by atoms with Gasteiger partial charge in [-0.1, -0.05) is 12.1 Å². The maximum atomic E-state index is 12.7. The number of aromatic nitrogens is 2. The lowest BCUT2D eigenvalue weighted by Gasteiger charge is -2.22. The standard InChI is InChI=1S/C20H24N4O3S/c1-12-16-10-17(28-20(16)24(4)22-12)18(25)21-13(2)19(26)23(3)11-14-7-6-8-15(9-14)27-5/h6-10,13H,11H2,1-5H3,(H,21,25). The number of amides is 2. The molecule has 2 aromatic heterocycles. The van der Waals surface area contributed by atoms with Crippen molar-refractivity contribution in [2.24, 2.45) is 7.05 Å². The average molecular weight is 401 g/mol. The normalized spacial score (nSPS) is 12.0. The summed E-state index contributed by atoms with van der Waals surface area (Å²) in [5.41, 5.74) is 1.84. The van der Waals surface area contributed by atoms with Gasteiger partial charge in [-0.05, 0) is 37.6 Å². The molecule has 7 nitrogen and oxygen atoms in total. The van der Waals surface area contributed by atoms with E-state index in [4.69, 9.17) is 4.74 Å². The van der Waals surface area contributed by atoms with Crippen molar-refractivity contribution in [3.8, 4) is 5.75 Å². The minimum atomic E-state index is -0.632. The summed E-state index contributed by atoms with van der Waals surface area (Å²) in [5, 5.41) is 8.11. The van der Waals surface area contributed by atoms with Gasteiger partial charge in [-0.25, -0.2) is 0 Å². The van der Waals surface area contributed by atoms with Gasteiger partial charge in [0.05, 0.1) is 17.7 Å². The van der Waals surface area contributed by atoms with Crippen LogP contribution in [0.3, 0.4) is 0 Å². The van der Waals surface area contributed by atoms with E-state index >= 15 is 0 Å². The molecule has 3 aromatic rings. The van der Waals surface area contributed by atoms with Gasteiger partial charge in [-0.2, -0.15) is 5.10 Å². The van der Waals surface area contributed by atoms with Gasteiger partial charge < -0.3 is 15.0 Å². The van der Waals surface area contributed by atoms with E-state index in [2.05, 4.69) is 10.4 Å². The van der Waals surface area contributed by atoms with Crippen molar-refractivity contribution in [2.45, 2.75) is 26.4 Å². The van der Waals surface area contributed by atoms with Crippen LogP contribution in [0.2, 0.25) is 0 Å². The Morgan fingerprint density at radius 2 is 2.11 bits per heavy atom. The number of carbonyl (C=O) groups excluding carboxylic acids is 2. The summed E-state index contributed by atoms with van der Waals surface area (Å²) in [6.45, 7) is 4.04. The first-order chi connectivity index (χ1) is 13.3. The van der Waals surface area contributed by atoms with Crippen LogP contribution in [0.15, 0.2) is 30.3 Å². The summed E-state index contributed by atoms with van der Waals surface area (Å²) >= 11 is 1.37. The Bertz CT molecular complexity index is 989. The van der Waals surface area contributed by atoms with Crippen LogP contribution in [0.4, 0.5) is 0 Å². The highest BCUT2D eigenvalue weighted by atomic mass is 32.1. The smallest absolute Gasteiger partial charge is 0.262 e. The Morgan fingerprint density at radius 3 is 2.79 bits per heavy atom. The molecule has 1 N–H and O–H groups in total. The highest BCUT2D eigenvalue weighted by molar-refractivity contribution is 7.20. The zero-order valence-corrected chi connectivity index (χ0v) is 17.5. The van der Waals surface area contributed by atoms with Gasteiger partial charge in [0.15, 0.2) is 0 Å². The number of ether oxygens (including phenoxy) is 1. The third-order valence-corrected chi connectivity index (χ3v) is 5.77. The largest absolute Gasteiger partial charge is 0.497 e. The van der Waals surface area contributed by atoms with E-state index in [1.54, 1.807) is 30.7 Å². The molecule has 0 fully saturated rings. The number of fused-ring (bicyclic) bond motifs is 1. The second-order valence-electron chi connectivity index (χ2n) is 6.78. The van der Waals surface area contributed by atoms with Gasteiger partial charge in [0, 0.05) is 26.0 Å². The quantitative estimate of drug-likeness (QED) is 0.690. The fraction of sp³-hybridized carbons (Fsp3) is 0.350. The van der Waals surface area contributed by atoms with Crippen LogP contribution in [-0.2, 0) is 18.4 Å². The third-order valence-electron chi connectivity index (χ3n) is 4.57. The number of likely N-dealkylation sites (N-methyl/N-ethyl adjacent to an activating group) is 1. The summed E-state index contributed by atoms with van der Waals surface area (Å²) in [6.07, 6.45) is 0. The van der Waals surface area contributed by atoms with E-state index in [9.17, 15) is 9.59 Å². The molecule has 2 heterocycles. The van der Waals surface area contributed by atoms with Crippen molar-refractivity contribution in [2.75, 3.05) is 14.2 Å². The molecule has 0 saturated carbocycles. The molecule has 1 aromatic carbocycles. The maximum absolute atomic E-state index is 12.7. The number of benzene rings is 1. The van der Waals surface area contributed by atoms with Gasteiger partial charge in [0.1, 0.15) is 16.6 Å². The van der Waals surface area contributed by atoms with Crippen LogP contribution in [-0.4, -0.2) is 46.7 Å². The number of hydrogen-bond donors (Lipinski definition) is 1. The second kappa shape index (κ2) is 8.02. The molecule has 0 aliphatic heterocycles. The van der Waals surface area contributed by atoms with Crippen molar-refractivity contribution < 1.29 is 14.3 Å². The third kappa shape index (κ3) is 4.01. The molecule has 2 amide bonds. The lowest BCUT2D eigenvalue weighted by atomic mass is 10.2. The molecule has 0 saturated heterocycles. The molecule has 1 atom stereocenters. The van der Waals surface area contributed by atoms with Gasteiger partial charge in [-0.15, -0.1) is 11.3 Å². The number of thiophene rings is 1. The highest BCUT2D eigenvalue weighted by Gasteiger charge is 2.22. The lowest BCUT2D eigenvalue weighted by Crippen LogP contribution is -2.45. The molecule has 0 bridgehead atoms. The Hall–Kier alpha value is -2.87. The van der Waals surface area contributed by atoms with E-state index in [-0.39, 0.29) is 11.8 Å². The van der Waals surface area contributed by atoms with Gasteiger partial charge in [0.25, 0.3) is 5.91 Å². The number of methoxy groups -OCH3 is 1. The highest BCUT2D eigenvalue weighted by Crippen LogP contribution is 2.27. The van der Waals surface area contributed by atoms with Crippen molar-refractivity contribution in [1.82, 2.24) is 20.0 Å². The molecular formula is C20H24N4O3S. The maximum Gasteiger partial charge on any atom is 0.262 e. The number of aryl methyl sites for hydroxylation is 2. The fourth-order valence-corrected chi connectivity index (χ4v) is 4.13. The molecule has 0 radical (unpaired) electrons. The molecule has 8 heteroatoms. The van der Waals surface area contributed by atoms with Crippen LogP contribution < -0.4 is 10.1 Å². The molecule has 0 aliphatic carbocycles. The van der Waals surface area contributed by atoms with E-state index < -0.39 is 6.04 Å². The van der Waals surface area contributed by atoms with Gasteiger partial charge in [-0.3, -0.25) is 14.3 Å². The van der Waals surface area contributed by atoms with Crippen molar-refractivity contribution >= 4 is 33.4 Å². The van der Waals surface area contributed by atoms with Crippen LogP contribution in [0, 0.1) is 6.92 Å². The van der Waals surface area contributed by atoms with E-state index in [1.165, 1.54) is 11.3 Å². The van der Waals surface area contributed by atoms with Crippen LogP contribution in [0.25, 0.3) is 10.2 Å². The molecule has 0 spiro atoms. The first-order valence-corrected chi connectivity index (χ1v) is 9.73. The first-order valence-electron chi connectivity index (χ1n) is 8.92. The molecule has 148 valence electrons. The molecule has 1 unspecified atom stereocenters. The Balaban J connectivity index is 1.64. The topological polar surface area (TPSA) is 76.5 Å². The zero-order valence-electron chi connectivity index (χ0n) is 16.6. The fourth-order valence-electron chi connectivity index (χ4n) is 3.10. The summed E-state index contributed by atoms with van der Waals surface area (Å²) < 4.78 is 6.98. The molecular weight excluding hydrogens is 376 g/mol. The number of nitrogens with zero attached hydrogens (tertiary/aromatic N) is 3. The zero-order chi connectivity index (χ0) is 20.4. The van der Waals surface area contributed by atoms with Gasteiger partial charge >= 0.3 is 0 Å². The lowest BCUT2D eigenvalue weighted by molar-refractivity contribution is -0.132. The van der Waals surface area contributed by atoms with Gasteiger partial charge in [0.2, 0.25) is 5.91 Å². The Morgan fingerprint density at radius 1 is 1.36 bits per heavy atom. The Kier molecular flexibility index (Phi) is 5.69. The predicted octanol–water partition coefficient (Wildman–Crippen LogP) is 2.73.